The Morgan fingerprint density at radius 3 is 2.54 bits per heavy atom. The van der Waals surface area contributed by atoms with Crippen LogP contribution in [0.4, 0.5) is 4.39 Å². The summed E-state index contributed by atoms with van der Waals surface area (Å²) in [7, 11) is 0. The van der Waals surface area contributed by atoms with Crippen LogP contribution >= 0.6 is 0 Å². The Labute approximate surface area is 161 Å². The molecular formula is C22H18FN3O2. The van der Waals surface area contributed by atoms with Crippen molar-refractivity contribution in [2.24, 2.45) is 0 Å². The molecule has 2 heterocycles. The number of benzene rings is 2. The predicted octanol–water partition coefficient (Wildman–Crippen LogP) is 4.83. The molecule has 0 unspecified atom stereocenters. The zero-order chi connectivity index (χ0) is 19.7. The Bertz CT molecular complexity index is 1140. The van der Waals surface area contributed by atoms with Crippen molar-refractivity contribution in [1.29, 1.82) is 0 Å². The molecule has 5 nitrogen and oxygen atoms in total. The molecule has 1 amide bonds. The molecular weight excluding hydrogens is 357 g/mol. The van der Waals surface area contributed by atoms with Crippen molar-refractivity contribution in [2.75, 3.05) is 0 Å². The summed E-state index contributed by atoms with van der Waals surface area (Å²) in [6.45, 7) is 3.69. The summed E-state index contributed by atoms with van der Waals surface area (Å²) in [6, 6.07) is 17.1. The van der Waals surface area contributed by atoms with Gasteiger partial charge in [0.25, 0.3) is 11.6 Å². The molecule has 6 heteroatoms. The van der Waals surface area contributed by atoms with Crippen LogP contribution in [0.15, 0.2) is 65.2 Å². The van der Waals surface area contributed by atoms with Gasteiger partial charge in [0.15, 0.2) is 0 Å². The number of hydrogen-bond donors (Lipinski definition) is 1. The number of nitrogens with one attached hydrogen (secondary N) is 1. The van der Waals surface area contributed by atoms with Gasteiger partial charge < -0.3 is 9.84 Å². The molecule has 28 heavy (non-hydrogen) atoms. The highest BCUT2D eigenvalue weighted by molar-refractivity contribution is 6.07. The van der Waals surface area contributed by atoms with Crippen LogP contribution in [0, 0.1) is 12.7 Å². The molecule has 4 rings (SSSR count). The fourth-order valence-electron chi connectivity index (χ4n) is 3.14. The third kappa shape index (κ3) is 3.36. The van der Waals surface area contributed by atoms with Gasteiger partial charge in [-0.05, 0) is 49.7 Å². The maximum Gasteiger partial charge on any atom is 0.259 e. The van der Waals surface area contributed by atoms with E-state index < -0.39 is 0 Å². The van der Waals surface area contributed by atoms with E-state index in [9.17, 15) is 9.18 Å². The summed E-state index contributed by atoms with van der Waals surface area (Å²) < 4.78 is 18.6. The minimum Gasteiger partial charge on any atom is -0.345 e. The number of hydrogen-bond acceptors (Lipinski definition) is 4. The van der Waals surface area contributed by atoms with E-state index in [0.717, 1.165) is 5.56 Å². The van der Waals surface area contributed by atoms with Gasteiger partial charge >= 0.3 is 0 Å². The zero-order valence-electron chi connectivity index (χ0n) is 15.4. The number of nitrogens with zero attached hydrogens (tertiary/aromatic N) is 2. The van der Waals surface area contributed by atoms with E-state index in [4.69, 9.17) is 4.52 Å². The molecule has 1 atom stereocenters. The van der Waals surface area contributed by atoms with E-state index in [1.54, 1.807) is 25.1 Å². The van der Waals surface area contributed by atoms with Gasteiger partial charge in [-0.1, -0.05) is 35.5 Å². The third-order valence-corrected chi connectivity index (χ3v) is 4.65. The van der Waals surface area contributed by atoms with Crippen LogP contribution in [0.5, 0.6) is 0 Å². The first-order chi connectivity index (χ1) is 13.5. The van der Waals surface area contributed by atoms with Crippen molar-refractivity contribution in [3.8, 4) is 11.3 Å². The first-order valence-corrected chi connectivity index (χ1v) is 8.91. The smallest absolute Gasteiger partial charge is 0.259 e. The Balaban J connectivity index is 1.75. The van der Waals surface area contributed by atoms with Crippen molar-refractivity contribution in [2.45, 2.75) is 19.9 Å². The number of fused-ring (bicyclic) bond motifs is 1. The van der Waals surface area contributed by atoms with Gasteiger partial charge in [-0.3, -0.25) is 4.79 Å². The first kappa shape index (κ1) is 17.9. The highest BCUT2D eigenvalue weighted by atomic mass is 19.1. The monoisotopic (exact) mass is 375 g/mol. The summed E-state index contributed by atoms with van der Waals surface area (Å²) in [5.41, 5.74) is 3.49. The van der Waals surface area contributed by atoms with Crippen molar-refractivity contribution < 1.29 is 13.7 Å². The van der Waals surface area contributed by atoms with Crippen molar-refractivity contribution >= 4 is 17.0 Å². The topological polar surface area (TPSA) is 68.0 Å². The van der Waals surface area contributed by atoms with Crippen LogP contribution in [0.2, 0.25) is 0 Å². The molecule has 0 aliphatic rings. The van der Waals surface area contributed by atoms with Gasteiger partial charge in [-0.25, -0.2) is 9.37 Å². The van der Waals surface area contributed by atoms with Crippen LogP contribution in [0.3, 0.4) is 0 Å². The second-order valence-electron chi connectivity index (χ2n) is 6.62. The van der Waals surface area contributed by atoms with E-state index in [1.165, 1.54) is 12.1 Å². The van der Waals surface area contributed by atoms with E-state index in [0.29, 0.717) is 27.9 Å². The van der Waals surface area contributed by atoms with Gasteiger partial charge in [-0.2, -0.15) is 0 Å². The number of aromatic nitrogens is 2. The Kier molecular flexibility index (Phi) is 4.61. The summed E-state index contributed by atoms with van der Waals surface area (Å²) in [5.74, 6) is -0.589. The summed E-state index contributed by atoms with van der Waals surface area (Å²) >= 11 is 0. The normalized spacial score (nSPS) is 12.1. The van der Waals surface area contributed by atoms with E-state index in [1.807, 2.05) is 37.3 Å². The molecule has 0 aliphatic carbocycles. The first-order valence-electron chi connectivity index (χ1n) is 8.91. The fourth-order valence-corrected chi connectivity index (χ4v) is 3.14. The van der Waals surface area contributed by atoms with Crippen LogP contribution in [0.25, 0.3) is 22.4 Å². The average molecular weight is 375 g/mol. The predicted molar refractivity (Wildman–Crippen MR) is 104 cm³/mol. The number of aryl methyl sites for hydroxylation is 1. The molecule has 0 saturated heterocycles. The largest absolute Gasteiger partial charge is 0.345 e. The van der Waals surface area contributed by atoms with Gasteiger partial charge in [0.05, 0.1) is 28.4 Å². The molecule has 0 radical (unpaired) electrons. The number of carbonyl (C=O) groups is 1. The van der Waals surface area contributed by atoms with Crippen LogP contribution < -0.4 is 5.32 Å². The lowest BCUT2D eigenvalue weighted by Gasteiger charge is -2.15. The fraction of sp³-hybridized carbons (Fsp3) is 0.136. The Morgan fingerprint density at radius 1 is 1.11 bits per heavy atom. The van der Waals surface area contributed by atoms with E-state index in [2.05, 4.69) is 15.5 Å². The quantitative estimate of drug-likeness (QED) is 0.555. The van der Waals surface area contributed by atoms with Crippen molar-refractivity contribution in [3.05, 3.63) is 83.3 Å². The van der Waals surface area contributed by atoms with Crippen molar-refractivity contribution in [3.63, 3.8) is 0 Å². The minimum atomic E-state index is -0.338. The lowest BCUT2D eigenvalue weighted by Crippen LogP contribution is -2.27. The molecule has 0 aliphatic heterocycles. The molecule has 0 fully saturated rings. The minimum absolute atomic E-state index is 0.175. The summed E-state index contributed by atoms with van der Waals surface area (Å²) in [6.07, 6.45) is 0. The molecule has 0 saturated carbocycles. The highest BCUT2D eigenvalue weighted by Crippen LogP contribution is 2.27. The van der Waals surface area contributed by atoms with Gasteiger partial charge in [0.2, 0.25) is 0 Å². The molecule has 140 valence electrons. The molecule has 0 spiro atoms. The molecule has 2 aromatic heterocycles. The summed E-state index contributed by atoms with van der Waals surface area (Å²) in [4.78, 5) is 17.5. The van der Waals surface area contributed by atoms with Crippen LogP contribution in [0.1, 0.15) is 34.6 Å². The second kappa shape index (κ2) is 7.23. The number of pyridine rings is 1. The van der Waals surface area contributed by atoms with Gasteiger partial charge in [-0.15, -0.1) is 0 Å². The van der Waals surface area contributed by atoms with Crippen LogP contribution in [-0.2, 0) is 0 Å². The third-order valence-electron chi connectivity index (χ3n) is 4.65. The Morgan fingerprint density at radius 2 is 1.82 bits per heavy atom. The second-order valence-corrected chi connectivity index (χ2v) is 6.62. The number of halogens is 1. The Hall–Kier alpha value is -3.54. The lowest BCUT2D eigenvalue weighted by atomic mass is 10.0. The van der Waals surface area contributed by atoms with E-state index in [-0.39, 0.29) is 23.5 Å². The van der Waals surface area contributed by atoms with Gasteiger partial charge in [0, 0.05) is 5.56 Å². The zero-order valence-corrected chi connectivity index (χ0v) is 15.4. The van der Waals surface area contributed by atoms with E-state index >= 15 is 0 Å². The van der Waals surface area contributed by atoms with Crippen LogP contribution in [-0.4, -0.2) is 16.0 Å². The molecule has 4 aromatic rings. The summed E-state index contributed by atoms with van der Waals surface area (Å²) in [5, 5.41) is 7.53. The standard InChI is InChI=1S/C22H18FN3O2/c1-13(15-6-4-3-5-7-15)24-21(27)18-12-19(16-8-10-17(23)11-9-16)25-22-20(18)14(2)26-28-22/h3-13H,1-2H3,(H,24,27)/t13-/m0/s1. The molecule has 0 bridgehead atoms. The molecule has 2 aromatic carbocycles. The van der Waals surface area contributed by atoms with Gasteiger partial charge in [0.1, 0.15) is 5.82 Å². The average Bonchev–Trinajstić information content (AvgIpc) is 3.09. The van der Waals surface area contributed by atoms with Crippen molar-refractivity contribution in [1.82, 2.24) is 15.5 Å². The maximum absolute atomic E-state index is 13.3. The number of rotatable bonds is 4. The SMILES string of the molecule is Cc1noc2nc(-c3ccc(F)cc3)cc(C(=O)N[C@@H](C)c3ccccc3)c12. The lowest BCUT2D eigenvalue weighted by molar-refractivity contribution is 0.0941. The molecule has 1 N–H and O–H groups in total. The number of amides is 1. The maximum atomic E-state index is 13.3. The number of carbonyl (C=O) groups excluding carboxylic acids is 1. The highest BCUT2D eigenvalue weighted by Gasteiger charge is 2.21.